The topological polar surface area (TPSA) is 34.1 Å². The number of carbonyl (C=O) groups is 2. The van der Waals surface area contributed by atoms with Crippen LogP contribution < -0.4 is 0 Å². The molecule has 2 fully saturated rings. The molecule has 1 spiro atoms. The Labute approximate surface area is 84.4 Å². The lowest BCUT2D eigenvalue weighted by Crippen LogP contribution is -2.40. The maximum absolute atomic E-state index is 11.9. The molecular formula is C12H16O2. The lowest BCUT2D eigenvalue weighted by molar-refractivity contribution is -0.143. The van der Waals surface area contributed by atoms with E-state index in [1.807, 2.05) is 0 Å². The maximum atomic E-state index is 11.9. The monoisotopic (exact) mass is 192 g/mol. The van der Waals surface area contributed by atoms with Crippen LogP contribution >= 0.6 is 0 Å². The van der Waals surface area contributed by atoms with Gasteiger partial charge >= 0.3 is 0 Å². The highest BCUT2D eigenvalue weighted by molar-refractivity contribution is 6.09. The highest BCUT2D eigenvalue weighted by atomic mass is 16.2. The lowest BCUT2D eigenvalue weighted by Gasteiger charge is -2.29. The van der Waals surface area contributed by atoms with Crippen molar-refractivity contribution in [2.24, 2.45) is 11.3 Å². The van der Waals surface area contributed by atoms with Gasteiger partial charge in [-0.2, -0.15) is 0 Å². The van der Waals surface area contributed by atoms with E-state index < -0.39 is 5.41 Å². The molecule has 0 aliphatic heterocycles. The molecule has 0 aromatic rings. The zero-order chi connectivity index (χ0) is 10.3. The largest absolute Gasteiger partial charge is 0.299 e. The van der Waals surface area contributed by atoms with Gasteiger partial charge in [-0.3, -0.25) is 9.59 Å². The van der Waals surface area contributed by atoms with E-state index in [4.69, 9.17) is 0 Å². The van der Waals surface area contributed by atoms with Crippen LogP contribution in [0.1, 0.15) is 39.0 Å². The normalized spacial score (nSPS) is 31.5. The predicted octanol–water partition coefficient (Wildman–Crippen LogP) is 2.28. The van der Waals surface area contributed by atoms with E-state index in [1.54, 1.807) is 0 Å². The van der Waals surface area contributed by atoms with Gasteiger partial charge in [-0.05, 0) is 25.2 Å². The number of allylic oxidation sites excluding steroid dienone is 1. The van der Waals surface area contributed by atoms with Crippen LogP contribution in [0.3, 0.4) is 0 Å². The fourth-order valence-electron chi connectivity index (χ4n) is 2.77. The quantitative estimate of drug-likeness (QED) is 0.436. The second-order valence-electron chi connectivity index (χ2n) is 4.72. The van der Waals surface area contributed by atoms with Crippen LogP contribution in [0.2, 0.25) is 0 Å². The molecule has 14 heavy (non-hydrogen) atoms. The summed E-state index contributed by atoms with van der Waals surface area (Å²) in [6.07, 6.45) is 3.26. The van der Waals surface area contributed by atoms with Crippen molar-refractivity contribution >= 4 is 11.6 Å². The lowest BCUT2D eigenvalue weighted by atomic mass is 9.70. The van der Waals surface area contributed by atoms with Crippen molar-refractivity contribution in [3.05, 3.63) is 12.2 Å². The highest BCUT2D eigenvalue weighted by Crippen LogP contribution is 2.49. The van der Waals surface area contributed by atoms with Crippen molar-refractivity contribution in [2.75, 3.05) is 0 Å². The Hall–Kier alpha value is -0.920. The molecule has 2 aliphatic carbocycles. The summed E-state index contributed by atoms with van der Waals surface area (Å²) in [5, 5.41) is 0. The maximum Gasteiger partial charge on any atom is 0.146 e. The molecule has 0 aromatic heterocycles. The molecule has 2 aliphatic rings. The second-order valence-corrected chi connectivity index (χ2v) is 4.72. The number of Topliss-reactive ketones (excluding diaryl/α,β-unsaturated/α-hetero) is 2. The average Bonchev–Trinajstić information content (AvgIpc) is 2.41. The SMILES string of the molecule is C=C1CC2(CC1C)C(=O)CCCC2=O. The minimum absolute atomic E-state index is 0.166. The van der Waals surface area contributed by atoms with E-state index in [9.17, 15) is 9.59 Å². The number of hydrogen-bond donors (Lipinski definition) is 0. The summed E-state index contributed by atoms with van der Waals surface area (Å²) in [6, 6.07) is 0. The number of hydrogen-bond acceptors (Lipinski definition) is 2. The molecular weight excluding hydrogens is 176 g/mol. The molecule has 0 aromatic carbocycles. The number of rotatable bonds is 0. The molecule has 2 heteroatoms. The van der Waals surface area contributed by atoms with Gasteiger partial charge in [0, 0.05) is 12.8 Å². The molecule has 1 unspecified atom stereocenters. The Balaban J connectivity index is 2.33. The highest BCUT2D eigenvalue weighted by Gasteiger charge is 2.51. The van der Waals surface area contributed by atoms with Crippen molar-refractivity contribution in [1.82, 2.24) is 0 Å². The van der Waals surface area contributed by atoms with Gasteiger partial charge in [-0.25, -0.2) is 0 Å². The van der Waals surface area contributed by atoms with Gasteiger partial charge in [0.2, 0.25) is 0 Å². The van der Waals surface area contributed by atoms with E-state index in [0.29, 0.717) is 31.6 Å². The predicted molar refractivity (Wildman–Crippen MR) is 53.8 cm³/mol. The van der Waals surface area contributed by atoms with Crippen molar-refractivity contribution in [3.63, 3.8) is 0 Å². The third-order valence-corrected chi connectivity index (χ3v) is 3.76. The van der Waals surface area contributed by atoms with Gasteiger partial charge < -0.3 is 0 Å². The summed E-state index contributed by atoms with van der Waals surface area (Å²) in [6.45, 7) is 6.01. The second kappa shape index (κ2) is 3.04. The van der Waals surface area contributed by atoms with Gasteiger partial charge in [-0.15, -0.1) is 0 Å². The fraction of sp³-hybridized carbons (Fsp3) is 0.667. The molecule has 0 amide bonds. The van der Waals surface area contributed by atoms with E-state index in [0.717, 1.165) is 12.0 Å². The van der Waals surface area contributed by atoms with Gasteiger partial charge in [0.05, 0.1) is 5.41 Å². The van der Waals surface area contributed by atoms with E-state index in [-0.39, 0.29) is 11.6 Å². The Kier molecular flexibility index (Phi) is 2.09. The van der Waals surface area contributed by atoms with Crippen LogP contribution in [0.15, 0.2) is 12.2 Å². The molecule has 0 bridgehead atoms. The Morgan fingerprint density at radius 1 is 1.29 bits per heavy atom. The Morgan fingerprint density at radius 2 is 1.86 bits per heavy atom. The van der Waals surface area contributed by atoms with Crippen LogP contribution in [0, 0.1) is 11.3 Å². The molecule has 0 radical (unpaired) electrons. The smallest absolute Gasteiger partial charge is 0.146 e. The standard InChI is InChI=1S/C12H16O2/c1-8-6-12(7-9(8)2)10(13)4-3-5-11(12)14/h9H,1,3-7H2,2H3. The van der Waals surface area contributed by atoms with Crippen LogP contribution in [-0.2, 0) is 9.59 Å². The van der Waals surface area contributed by atoms with E-state index in [2.05, 4.69) is 13.5 Å². The molecule has 0 N–H and O–H groups in total. The Morgan fingerprint density at radius 3 is 2.29 bits per heavy atom. The van der Waals surface area contributed by atoms with E-state index in [1.165, 1.54) is 0 Å². The Bertz CT molecular complexity index is 298. The summed E-state index contributed by atoms with van der Waals surface area (Å²) in [7, 11) is 0. The molecule has 1 atom stereocenters. The third-order valence-electron chi connectivity index (χ3n) is 3.76. The van der Waals surface area contributed by atoms with Crippen LogP contribution in [-0.4, -0.2) is 11.6 Å². The van der Waals surface area contributed by atoms with Crippen molar-refractivity contribution < 1.29 is 9.59 Å². The minimum Gasteiger partial charge on any atom is -0.299 e. The first kappa shape index (κ1) is 9.63. The zero-order valence-electron chi connectivity index (χ0n) is 8.64. The van der Waals surface area contributed by atoms with Gasteiger partial charge in [0.1, 0.15) is 11.6 Å². The summed E-state index contributed by atoms with van der Waals surface area (Å²) >= 11 is 0. The first-order chi connectivity index (χ1) is 6.56. The summed E-state index contributed by atoms with van der Waals surface area (Å²) in [4.78, 5) is 23.7. The summed E-state index contributed by atoms with van der Waals surface area (Å²) in [5.41, 5.74) is 0.433. The van der Waals surface area contributed by atoms with Crippen molar-refractivity contribution in [3.8, 4) is 0 Å². The fourth-order valence-corrected chi connectivity index (χ4v) is 2.77. The molecule has 0 heterocycles. The zero-order valence-corrected chi connectivity index (χ0v) is 8.64. The van der Waals surface area contributed by atoms with Gasteiger partial charge in [0.25, 0.3) is 0 Å². The van der Waals surface area contributed by atoms with Crippen molar-refractivity contribution in [2.45, 2.75) is 39.0 Å². The third kappa shape index (κ3) is 1.17. The molecule has 2 saturated carbocycles. The van der Waals surface area contributed by atoms with E-state index >= 15 is 0 Å². The average molecular weight is 192 g/mol. The molecule has 76 valence electrons. The number of ketones is 2. The van der Waals surface area contributed by atoms with Crippen LogP contribution in [0.4, 0.5) is 0 Å². The van der Waals surface area contributed by atoms with Crippen LogP contribution in [0.5, 0.6) is 0 Å². The number of carbonyl (C=O) groups excluding carboxylic acids is 2. The minimum atomic E-state index is -0.644. The van der Waals surface area contributed by atoms with Gasteiger partial charge in [0.15, 0.2) is 0 Å². The summed E-state index contributed by atoms with van der Waals surface area (Å²) < 4.78 is 0. The van der Waals surface area contributed by atoms with Gasteiger partial charge in [-0.1, -0.05) is 19.1 Å². The molecule has 2 rings (SSSR count). The first-order valence-corrected chi connectivity index (χ1v) is 5.30. The van der Waals surface area contributed by atoms with Crippen molar-refractivity contribution in [1.29, 1.82) is 0 Å². The first-order valence-electron chi connectivity index (χ1n) is 5.30. The van der Waals surface area contributed by atoms with Crippen LogP contribution in [0.25, 0.3) is 0 Å². The molecule has 2 nitrogen and oxygen atoms in total. The summed E-state index contributed by atoms with van der Waals surface area (Å²) in [5.74, 6) is 0.666. The molecule has 0 saturated heterocycles.